The van der Waals surface area contributed by atoms with E-state index in [2.05, 4.69) is 157 Å². The molecule has 5 aromatic rings. The molecule has 0 radical (unpaired) electrons. The van der Waals surface area contributed by atoms with E-state index in [0.29, 0.717) is 0 Å². The maximum atomic E-state index is 7.24. The predicted molar refractivity (Wildman–Crippen MR) is 326 cm³/mol. The van der Waals surface area contributed by atoms with Crippen molar-refractivity contribution in [3.63, 3.8) is 0 Å². The highest BCUT2D eigenvalue weighted by atomic mass is 35.5. The second-order valence-corrected chi connectivity index (χ2v) is 56.6. The van der Waals surface area contributed by atoms with E-state index in [9.17, 15) is 0 Å². The van der Waals surface area contributed by atoms with Gasteiger partial charge in [0.05, 0.1) is 10.0 Å². The molecule has 0 spiro atoms. The molecular formula is C52H88Cl2O4S4Si6. The van der Waals surface area contributed by atoms with Gasteiger partial charge in [0.15, 0.2) is 33.3 Å². The van der Waals surface area contributed by atoms with Crippen LogP contribution in [0.15, 0.2) is 24.3 Å². The molecule has 16 heteroatoms. The Morgan fingerprint density at radius 1 is 0.412 bits per heavy atom. The number of hydrogen-bond donors (Lipinski definition) is 0. The summed E-state index contributed by atoms with van der Waals surface area (Å²) in [4.78, 5) is 7.99. The Labute approximate surface area is 446 Å². The molecule has 382 valence electrons. The fourth-order valence-electron chi connectivity index (χ4n) is 9.41. The average Bonchev–Trinajstić information content (AvgIpc) is 3.92. The summed E-state index contributed by atoms with van der Waals surface area (Å²) in [5.41, 5.74) is 2.74. The summed E-state index contributed by atoms with van der Waals surface area (Å²) in [6.45, 7) is 46.3. The SMILES string of the molecule is CC(C)(C)c1cc2c(-c3cc(Cl)c(CCCCCC[Si](C)(O[Si](C)(C)C)O[Si](C)(C)C)s3)c3sc(C(C)(C)C)cc3c(-c3cc(Cl)c(CCCCCC[Si](C)(O[Si](C)(C)C)O[Si](C)(C)C)s3)c2s1. The van der Waals surface area contributed by atoms with Crippen LogP contribution >= 0.6 is 68.5 Å². The van der Waals surface area contributed by atoms with E-state index in [1.165, 1.54) is 86.2 Å². The first-order valence-electron chi connectivity index (χ1n) is 25.4. The highest BCUT2D eigenvalue weighted by Gasteiger charge is 2.41. The summed E-state index contributed by atoms with van der Waals surface area (Å²) < 4.78 is 29.9. The molecule has 0 fully saturated rings. The van der Waals surface area contributed by atoms with Gasteiger partial charge in [-0.3, -0.25) is 0 Å². The van der Waals surface area contributed by atoms with Crippen LogP contribution in [-0.2, 0) is 40.1 Å². The van der Waals surface area contributed by atoms with Gasteiger partial charge >= 0.3 is 17.1 Å². The van der Waals surface area contributed by atoms with Crippen molar-refractivity contribution < 1.29 is 16.5 Å². The topological polar surface area (TPSA) is 36.9 Å². The van der Waals surface area contributed by atoms with Crippen LogP contribution in [0.25, 0.3) is 41.1 Å². The Bertz CT molecular complexity index is 2210. The summed E-state index contributed by atoms with van der Waals surface area (Å²) in [6, 6.07) is 11.7. The largest absolute Gasteiger partial charge is 0.437 e. The van der Waals surface area contributed by atoms with E-state index in [1.807, 2.05) is 45.3 Å². The molecule has 0 atom stereocenters. The summed E-state index contributed by atoms with van der Waals surface area (Å²) in [7, 11) is -11.2. The molecule has 0 saturated carbocycles. The van der Waals surface area contributed by atoms with Crippen molar-refractivity contribution >= 4 is 139 Å². The molecule has 0 unspecified atom stereocenters. The number of thiophene rings is 4. The second kappa shape index (κ2) is 22.6. The molecule has 4 heterocycles. The number of benzene rings is 1. The third kappa shape index (κ3) is 17.2. The van der Waals surface area contributed by atoms with E-state index >= 15 is 0 Å². The van der Waals surface area contributed by atoms with Crippen molar-refractivity contribution in [3.05, 3.63) is 53.8 Å². The van der Waals surface area contributed by atoms with E-state index in [-0.39, 0.29) is 10.8 Å². The zero-order chi connectivity index (χ0) is 51.1. The van der Waals surface area contributed by atoms with Gasteiger partial charge in [0.2, 0.25) is 0 Å². The van der Waals surface area contributed by atoms with Crippen LogP contribution in [0.2, 0.25) is 114 Å². The lowest BCUT2D eigenvalue weighted by Crippen LogP contribution is -2.52. The average molecular weight is 1140 g/mol. The lowest BCUT2D eigenvalue weighted by molar-refractivity contribution is 0.378. The molecule has 4 aromatic heterocycles. The molecule has 0 bridgehead atoms. The Balaban J connectivity index is 1.40. The van der Waals surface area contributed by atoms with Crippen LogP contribution in [-0.4, -0.2) is 50.4 Å². The van der Waals surface area contributed by atoms with Gasteiger partial charge in [0.1, 0.15) is 0 Å². The molecule has 68 heavy (non-hydrogen) atoms. The van der Waals surface area contributed by atoms with Gasteiger partial charge in [0, 0.05) is 60.6 Å². The number of halogens is 2. The van der Waals surface area contributed by atoms with Crippen molar-refractivity contribution in [2.75, 3.05) is 0 Å². The lowest BCUT2D eigenvalue weighted by Gasteiger charge is -2.38. The molecule has 1 aromatic carbocycles. The zero-order valence-corrected chi connectivity index (χ0v) is 56.6. The minimum atomic E-state index is -2.21. The number of unbranched alkanes of at least 4 members (excludes halogenated alkanes) is 6. The number of hydrogen-bond acceptors (Lipinski definition) is 8. The molecule has 0 aliphatic rings. The summed E-state index contributed by atoms with van der Waals surface area (Å²) in [5, 5.41) is 4.51. The maximum Gasteiger partial charge on any atom is 0.314 e. The molecule has 0 saturated heterocycles. The molecular weight excluding hydrogens is 1060 g/mol. The van der Waals surface area contributed by atoms with E-state index in [0.717, 1.165) is 60.7 Å². The van der Waals surface area contributed by atoms with Crippen molar-refractivity contribution in [2.45, 2.75) is 220 Å². The maximum absolute atomic E-state index is 7.24. The predicted octanol–water partition coefficient (Wildman–Crippen LogP) is 21.2. The summed E-state index contributed by atoms with van der Waals surface area (Å²) in [5.74, 6) is 0. The van der Waals surface area contributed by atoms with Gasteiger partial charge in [-0.2, -0.15) is 0 Å². The number of fused-ring (bicyclic) bond motifs is 2. The van der Waals surface area contributed by atoms with Crippen molar-refractivity contribution in [2.24, 2.45) is 0 Å². The molecule has 0 amide bonds. The van der Waals surface area contributed by atoms with Gasteiger partial charge in [-0.15, -0.1) is 45.3 Å². The van der Waals surface area contributed by atoms with Gasteiger partial charge in [-0.25, -0.2) is 0 Å². The van der Waals surface area contributed by atoms with Crippen molar-refractivity contribution in [1.29, 1.82) is 0 Å². The molecule has 0 aliphatic heterocycles. The van der Waals surface area contributed by atoms with E-state index in [4.69, 9.17) is 39.7 Å². The zero-order valence-electron chi connectivity index (χ0n) is 45.8. The summed E-state index contributed by atoms with van der Waals surface area (Å²) >= 11 is 22.2. The Morgan fingerprint density at radius 2 is 0.706 bits per heavy atom. The third-order valence-electron chi connectivity index (χ3n) is 11.6. The van der Waals surface area contributed by atoms with Gasteiger partial charge in [-0.05, 0) is 165 Å². The smallest absolute Gasteiger partial charge is 0.314 e. The number of rotatable bonds is 24. The molecule has 4 nitrogen and oxygen atoms in total. The van der Waals surface area contributed by atoms with Crippen molar-refractivity contribution in [1.82, 2.24) is 0 Å². The van der Waals surface area contributed by atoms with E-state index < -0.39 is 50.4 Å². The molecule has 0 aliphatic carbocycles. The minimum absolute atomic E-state index is 0.0157. The standard InChI is InChI=1S/C52H88Cl2O4S4Si6/c1-51(2,3)45-33-37-47(43-35-39(53)41(59-43)29-25-21-23-27-31-67(19,55-63(7,8)9)56-64(10,11)12)50-38(34-46(62-50)52(4,5)6)48(49(37)61-45)44-36-40(54)42(60-44)30-26-22-24-28-32-68(20,57-65(13,14)15)58-66(16,17)18/h33-36H,21-32H2,1-20H3. The highest BCUT2D eigenvalue weighted by molar-refractivity contribution is 7.24. The fourth-order valence-corrected chi connectivity index (χ4v) is 40.4. The van der Waals surface area contributed by atoms with Crippen LogP contribution < -0.4 is 0 Å². The Kier molecular flexibility index (Phi) is 19.7. The van der Waals surface area contributed by atoms with Crippen LogP contribution in [0.1, 0.15) is 112 Å². The first-order valence-corrected chi connectivity index (χ1v) is 48.1. The van der Waals surface area contributed by atoms with Gasteiger partial charge in [0.25, 0.3) is 0 Å². The highest BCUT2D eigenvalue weighted by Crippen LogP contribution is 2.55. The van der Waals surface area contributed by atoms with E-state index in [1.54, 1.807) is 0 Å². The lowest BCUT2D eigenvalue weighted by atomic mass is 9.92. The van der Waals surface area contributed by atoms with Crippen LogP contribution in [0.4, 0.5) is 0 Å². The van der Waals surface area contributed by atoms with Gasteiger partial charge < -0.3 is 16.5 Å². The summed E-state index contributed by atoms with van der Waals surface area (Å²) in [6.07, 6.45) is 11.4. The monoisotopic (exact) mass is 1140 g/mol. The molecule has 0 N–H and O–H groups in total. The normalized spacial score (nSPS) is 14.1. The second-order valence-electron chi connectivity index (χ2n) is 25.7. The quantitative estimate of drug-likeness (QED) is 0.0456. The minimum Gasteiger partial charge on any atom is -0.437 e. The van der Waals surface area contributed by atoms with Crippen LogP contribution in [0.5, 0.6) is 0 Å². The number of aryl methyl sites for hydroxylation is 2. The Morgan fingerprint density at radius 3 is 0.985 bits per heavy atom. The first kappa shape index (κ1) is 59.1. The van der Waals surface area contributed by atoms with Crippen LogP contribution in [0, 0.1) is 0 Å². The third-order valence-corrected chi connectivity index (χ3v) is 37.3. The van der Waals surface area contributed by atoms with Gasteiger partial charge in [-0.1, -0.05) is 103 Å². The molecule has 5 rings (SSSR count). The first-order chi connectivity index (χ1) is 30.9. The Hall–Kier alpha value is 0.261. The van der Waals surface area contributed by atoms with Crippen LogP contribution in [0.3, 0.4) is 0 Å². The van der Waals surface area contributed by atoms with Crippen molar-refractivity contribution in [3.8, 4) is 20.9 Å². The fraction of sp³-hybridized carbons (Fsp3) is 0.654.